The van der Waals surface area contributed by atoms with Crippen LogP contribution in [-0.2, 0) is 6.42 Å². The van der Waals surface area contributed by atoms with Gasteiger partial charge in [-0.05, 0) is 23.3 Å². The molecule has 0 saturated carbocycles. The number of urea groups is 1. The lowest BCUT2D eigenvalue weighted by molar-refractivity contribution is -0.127. The Kier molecular flexibility index (Phi) is 5.81. The minimum absolute atomic E-state index is 0.0575. The molecular formula is C17H17F3N2O2. The van der Waals surface area contributed by atoms with E-state index >= 15 is 0 Å². The summed E-state index contributed by atoms with van der Waals surface area (Å²) in [5.74, 6) is 0. The molecule has 4 nitrogen and oxygen atoms in total. The van der Waals surface area contributed by atoms with Gasteiger partial charge in [0.25, 0.3) is 0 Å². The van der Waals surface area contributed by atoms with Gasteiger partial charge >= 0.3 is 12.2 Å². The van der Waals surface area contributed by atoms with Gasteiger partial charge in [0.2, 0.25) is 0 Å². The maximum Gasteiger partial charge on any atom is 0.393 e. The molecule has 0 fully saturated rings. The van der Waals surface area contributed by atoms with Crippen LogP contribution < -0.4 is 10.6 Å². The van der Waals surface area contributed by atoms with Gasteiger partial charge in [-0.3, -0.25) is 0 Å². The normalized spacial score (nSPS) is 12.5. The molecule has 0 aromatic heterocycles. The van der Waals surface area contributed by atoms with Gasteiger partial charge in [-0.2, -0.15) is 13.2 Å². The third-order valence-electron chi connectivity index (χ3n) is 3.28. The summed E-state index contributed by atoms with van der Waals surface area (Å²) in [7, 11) is 0. The number of nitrogens with one attached hydrogen (secondary N) is 2. The fourth-order valence-electron chi connectivity index (χ4n) is 2.24. The van der Waals surface area contributed by atoms with Gasteiger partial charge in [-0.25, -0.2) is 4.79 Å². The van der Waals surface area contributed by atoms with E-state index in [0.717, 1.165) is 5.56 Å². The van der Waals surface area contributed by atoms with Crippen molar-refractivity contribution in [2.24, 2.45) is 0 Å². The van der Waals surface area contributed by atoms with Crippen molar-refractivity contribution in [3.05, 3.63) is 65.7 Å². The van der Waals surface area contributed by atoms with Crippen LogP contribution in [0.2, 0.25) is 0 Å². The smallest absolute Gasteiger partial charge is 0.393 e. The number of alkyl halides is 3. The second-order valence-electron chi connectivity index (χ2n) is 5.24. The highest BCUT2D eigenvalue weighted by molar-refractivity contribution is 5.89. The minimum atomic E-state index is -4.31. The maximum absolute atomic E-state index is 12.4. The van der Waals surface area contributed by atoms with E-state index in [1.807, 2.05) is 6.07 Å². The molecule has 0 spiro atoms. The number of hydrogen-bond acceptors (Lipinski definition) is 2. The zero-order chi connectivity index (χ0) is 17.6. The molecule has 0 aliphatic heterocycles. The van der Waals surface area contributed by atoms with Crippen LogP contribution in [0, 0.1) is 0 Å². The van der Waals surface area contributed by atoms with Crippen LogP contribution in [-0.4, -0.2) is 23.9 Å². The second-order valence-corrected chi connectivity index (χ2v) is 5.24. The number of carbonyl (C=O) groups excluding carboxylic acids is 1. The zero-order valence-electron chi connectivity index (χ0n) is 12.7. The quantitative estimate of drug-likeness (QED) is 0.779. The standard InChI is InChI=1S/C17H17F3N2O2/c18-17(19,20)10-12-5-4-8-14(9-12)21-16(24)22-15(11-23)13-6-2-1-3-7-13/h1-9,15,23H,10-11H2,(H2,21,22,24). The van der Waals surface area contributed by atoms with Crippen molar-refractivity contribution in [3.8, 4) is 0 Å². The van der Waals surface area contributed by atoms with E-state index in [1.165, 1.54) is 24.3 Å². The summed E-state index contributed by atoms with van der Waals surface area (Å²) in [5, 5.41) is 14.4. The predicted molar refractivity (Wildman–Crippen MR) is 84.6 cm³/mol. The van der Waals surface area contributed by atoms with E-state index in [4.69, 9.17) is 0 Å². The van der Waals surface area contributed by atoms with Gasteiger partial charge in [0.05, 0.1) is 19.1 Å². The van der Waals surface area contributed by atoms with Crippen LogP contribution in [0.15, 0.2) is 54.6 Å². The first-order valence-corrected chi connectivity index (χ1v) is 7.26. The summed E-state index contributed by atoms with van der Waals surface area (Å²) in [5.41, 5.74) is 1.03. The Labute approximate surface area is 137 Å². The lowest BCUT2D eigenvalue weighted by Crippen LogP contribution is -2.34. The Bertz CT molecular complexity index is 675. The second kappa shape index (κ2) is 7.83. The third kappa shape index (κ3) is 5.58. The van der Waals surface area contributed by atoms with Gasteiger partial charge in [0.15, 0.2) is 0 Å². The van der Waals surface area contributed by atoms with Crippen molar-refractivity contribution >= 4 is 11.7 Å². The Morgan fingerprint density at radius 2 is 1.79 bits per heavy atom. The number of hydrogen-bond donors (Lipinski definition) is 3. The molecule has 0 saturated heterocycles. The zero-order valence-corrected chi connectivity index (χ0v) is 12.7. The van der Waals surface area contributed by atoms with E-state index in [-0.39, 0.29) is 17.9 Å². The molecule has 2 rings (SSSR count). The van der Waals surface area contributed by atoms with Crippen molar-refractivity contribution in [2.45, 2.75) is 18.6 Å². The molecule has 3 N–H and O–H groups in total. The molecule has 2 aromatic rings. The van der Waals surface area contributed by atoms with Gasteiger partial charge in [-0.1, -0.05) is 42.5 Å². The summed E-state index contributed by atoms with van der Waals surface area (Å²) < 4.78 is 37.2. The number of aliphatic hydroxyl groups excluding tert-OH is 1. The van der Waals surface area contributed by atoms with Gasteiger partial charge in [-0.15, -0.1) is 0 Å². The van der Waals surface area contributed by atoms with E-state index < -0.39 is 24.7 Å². The summed E-state index contributed by atoms with van der Waals surface area (Å²) in [6.45, 7) is -0.300. The highest BCUT2D eigenvalue weighted by Crippen LogP contribution is 2.23. The average molecular weight is 338 g/mol. The lowest BCUT2D eigenvalue weighted by Gasteiger charge is -2.17. The highest BCUT2D eigenvalue weighted by Gasteiger charge is 2.27. The van der Waals surface area contributed by atoms with Crippen LogP contribution in [0.3, 0.4) is 0 Å². The highest BCUT2D eigenvalue weighted by atomic mass is 19.4. The molecule has 7 heteroatoms. The van der Waals surface area contributed by atoms with Gasteiger partial charge in [0.1, 0.15) is 0 Å². The molecular weight excluding hydrogens is 321 g/mol. The van der Waals surface area contributed by atoms with E-state index in [9.17, 15) is 23.1 Å². The van der Waals surface area contributed by atoms with Crippen molar-refractivity contribution in [2.75, 3.05) is 11.9 Å². The first-order chi connectivity index (χ1) is 11.4. The van der Waals surface area contributed by atoms with Crippen molar-refractivity contribution < 1.29 is 23.1 Å². The molecule has 0 aliphatic carbocycles. The van der Waals surface area contributed by atoms with Crippen LogP contribution in [0.5, 0.6) is 0 Å². The van der Waals surface area contributed by atoms with E-state index in [1.54, 1.807) is 24.3 Å². The summed E-state index contributed by atoms with van der Waals surface area (Å²) >= 11 is 0. The van der Waals surface area contributed by atoms with Crippen LogP contribution >= 0.6 is 0 Å². The molecule has 2 aromatic carbocycles. The molecule has 0 radical (unpaired) electrons. The number of aliphatic hydroxyl groups is 1. The summed E-state index contributed by atoms with van der Waals surface area (Å²) in [6, 6.07) is 13.2. The Hall–Kier alpha value is -2.54. The monoisotopic (exact) mass is 338 g/mol. The number of rotatable bonds is 5. The third-order valence-corrected chi connectivity index (χ3v) is 3.28. The first kappa shape index (κ1) is 17.8. The number of carbonyl (C=O) groups is 1. The Morgan fingerprint density at radius 1 is 1.08 bits per heavy atom. The number of amides is 2. The molecule has 2 amide bonds. The molecule has 0 bridgehead atoms. The number of halogens is 3. The topological polar surface area (TPSA) is 61.4 Å². The fourth-order valence-corrected chi connectivity index (χ4v) is 2.24. The molecule has 1 atom stereocenters. The molecule has 0 aliphatic rings. The van der Waals surface area contributed by atoms with Gasteiger partial charge < -0.3 is 15.7 Å². The summed E-state index contributed by atoms with van der Waals surface area (Å²) in [4.78, 5) is 12.0. The van der Waals surface area contributed by atoms with Crippen molar-refractivity contribution in [3.63, 3.8) is 0 Å². The van der Waals surface area contributed by atoms with Crippen molar-refractivity contribution in [1.82, 2.24) is 5.32 Å². The number of anilines is 1. The van der Waals surface area contributed by atoms with Gasteiger partial charge in [0, 0.05) is 5.69 Å². The van der Waals surface area contributed by atoms with Crippen LogP contribution in [0.1, 0.15) is 17.2 Å². The summed E-state index contributed by atoms with van der Waals surface area (Å²) in [6.07, 6.45) is -5.37. The minimum Gasteiger partial charge on any atom is -0.394 e. The molecule has 1 unspecified atom stereocenters. The molecule has 128 valence electrons. The Balaban J connectivity index is 2.00. The number of benzene rings is 2. The first-order valence-electron chi connectivity index (χ1n) is 7.26. The molecule has 24 heavy (non-hydrogen) atoms. The largest absolute Gasteiger partial charge is 0.394 e. The van der Waals surface area contributed by atoms with Crippen molar-refractivity contribution in [1.29, 1.82) is 0 Å². The molecule has 0 heterocycles. The maximum atomic E-state index is 12.4. The van der Waals surface area contributed by atoms with E-state index in [2.05, 4.69) is 10.6 Å². The Morgan fingerprint density at radius 3 is 2.42 bits per heavy atom. The van der Waals surface area contributed by atoms with E-state index in [0.29, 0.717) is 0 Å². The average Bonchev–Trinajstić information content (AvgIpc) is 2.52. The fraction of sp³-hybridized carbons (Fsp3) is 0.235. The lowest BCUT2D eigenvalue weighted by atomic mass is 10.1. The predicted octanol–water partition coefficient (Wildman–Crippen LogP) is 3.65. The van der Waals surface area contributed by atoms with Crippen LogP contribution in [0.4, 0.5) is 23.7 Å². The SMILES string of the molecule is O=C(Nc1cccc(CC(F)(F)F)c1)NC(CO)c1ccccc1. The van der Waals surface area contributed by atoms with Crippen LogP contribution in [0.25, 0.3) is 0 Å².